The molecule has 0 N–H and O–H groups in total. The molecule has 24 heavy (non-hydrogen) atoms. The molecule has 0 radical (unpaired) electrons. The second-order valence-electron chi connectivity index (χ2n) is 6.00. The van der Waals surface area contributed by atoms with Crippen molar-refractivity contribution in [1.82, 2.24) is 0 Å². The molecule has 0 saturated heterocycles. The molecule has 0 spiro atoms. The molecule has 0 aromatic heterocycles. The van der Waals surface area contributed by atoms with Crippen molar-refractivity contribution in [2.45, 2.75) is 13.1 Å². The number of benzene rings is 2. The summed E-state index contributed by atoms with van der Waals surface area (Å²) in [6.07, 6.45) is 0. The molecule has 0 atom stereocenters. The molecule has 128 valence electrons. The van der Waals surface area contributed by atoms with E-state index in [1.807, 2.05) is 24.3 Å². The highest BCUT2D eigenvalue weighted by Crippen LogP contribution is 2.21. The monoisotopic (exact) mass is 358 g/mol. The van der Waals surface area contributed by atoms with Crippen LogP contribution in [0.4, 0.5) is 0 Å². The lowest BCUT2D eigenvalue weighted by Gasteiger charge is -2.24. The fraction of sp³-hybridized carbons (Fsp3) is 0.263. The standard InChI is InChI=1S/C19H26O3Si2/c1-15(16-7-11-18(12-8-16)23(5)6)17-9-13-19(14-10-17)24(20-2,21-3)22-4/h7-14,23H,1H2,2-6H3. The fourth-order valence-electron chi connectivity index (χ4n) is 2.71. The molecule has 0 aliphatic rings. The van der Waals surface area contributed by atoms with Gasteiger partial charge in [0.1, 0.15) is 0 Å². The van der Waals surface area contributed by atoms with Crippen LogP contribution in [0.3, 0.4) is 0 Å². The molecule has 0 bridgehead atoms. The third kappa shape index (κ3) is 3.76. The summed E-state index contributed by atoms with van der Waals surface area (Å²) in [5.41, 5.74) is 3.24. The molecule has 5 heteroatoms. The Hall–Kier alpha value is -1.51. The average molecular weight is 359 g/mol. The van der Waals surface area contributed by atoms with Gasteiger partial charge in [0, 0.05) is 26.5 Å². The zero-order valence-corrected chi connectivity index (χ0v) is 17.3. The predicted molar refractivity (Wildman–Crippen MR) is 106 cm³/mol. The summed E-state index contributed by atoms with van der Waals surface area (Å²) >= 11 is 0. The summed E-state index contributed by atoms with van der Waals surface area (Å²) in [5, 5.41) is 2.41. The largest absolute Gasteiger partial charge is 0.536 e. The van der Waals surface area contributed by atoms with Crippen molar-refractivity contribution < 1.29 is 13.3 Å². The van der Waals surface area contributed by atoms with Gasteiger partial charge in [0.15, 0.2) is 0 Å². The first-order valence-electron chi connectivity index (χ1n) is 8.03. The van der Waals surface area contributed by atoms with E-state index in [4.69, 9.17) is 13.3 Å². The molecule has 0 aliphatic heterocycles. The van der Waals surface area contributed by atoms with Crippen LogP contribution in [0.1, 0.15) is 11.1 Å². The lowest BCUT2D eigenvalue weighted by Crippen LogP contribution is -2.54. The second kappa shape index (κ2) is 8.05. The summed E-state index contributed by atoms with van der Waals surface area (Å²) in [6.45, 7) is 8.92. The van der Waals surface area contributed by atoms with E-state index in [0.29, 0.717) is 0 Å². The van der Waals surface area contributed by atoms with Gasteiger partial charge in [-0.1, -0.05) is 73.4 Å². The van der Waals surface area contributed by atoms with Gasteiger partial charge >= 0.3 is 8.80 Å². The Morgan fingerprint density at radius 3 is 1.58 bits per heavy atom. The van der Waals surface area contributed by atoms with E-state index in [1.165, 1.54) is 5.19 Å². The Labute approximate surface area is 147 Å². The Balaban J connectivity index is 2.25. The first-order valence-corrected chi connectivity index (χ1v) is 12.6. The highest BCUT2D eigenvalue weighted by atomic mass is 28.4. The lowest BCUT2D eigenvalue weighted by molar-refractivity contribution is 0.140. The molecule has 2 rings (SSSR count). The summed E-state index contributed by atoms with van der Waals surface area (Å²) in [4.78, 5) is 0. The molecule has 3 nitrogen and oxygen atoms in total. The van der Waals surface area contributed by atoms with E-state index < -0.39 is 17.6 Å². The van der Waals surface area contributed by atoms with Crippen molar-refractivity contribution >= 4 is 33.5 Å². The average Bonchev–Trinajstić information content (AvgIpc) is 2.63. The maximum absolute atomic E-state index is 5.52. The molecule has 2 aromatic carbocycles. The zero-order valence-electron chi connectivity index (χ0n) is 15.1. The molecule has 0 heterocycles. The highest BCUT2D eigenvalue weighted by Gasteiger charge is 2.40. The van der Waals surface area contributed by atoms with Crippen molar-refractivity contribution in [3.8, 4) is 0 Å². The van der Waals surface area contributed by atoms with Crippen LogP contribution in [0.15, 0.2) is 55.1 Å². The molecule has 2 aromatic rings. The Morgan fingerprint density at radius 1 is 0.792 bits per heavy atom. The Bertz CT molecular complexity index is 666. The molecule has 0 saturated carbocycles. The van der Waals surface area contributed by atoms with Gasteiger partial charge in [0.05, 0.1) is 8.80 Å². The smallest absolute Gasteiger partial charge is 0.373 e. The van der Waals surface area contributed by atoms with E-state index in [9.17, 15) is 0 Å². The molecular formula is C19H26O3Si2. The minimum absolute atomic E-state index is 0.759. The zero-order chi connectivity index (χ0) is 17.7. The minimum atomic E-state index is -2.78. The van der Waals surface area contributed by atoms with Crippen LogP contribution in [-0.2, 0) is 13.3 Å². The van der Waals surface area contributed by atoms with E-state index >= 15 is 0 Å². The molecular weight excluding hydrogens is 332 g/mol. The topological polar surface area (TPSA) is 27.7 Å². The summed E-state index contributed by atoms with van der Waals surface area (Å²) in [6, 6.07) is 16.9. The summed E-state index contributed by atoms with van der Waals surface area (Å²) in [7, 11) is 1.32. The van der Waals surface area contributed by atoms with Crippen LogP contribution in [0, 0.1) is 0 Å². The van der Waals surface area contributed by atoms with Crippen LogP contribution in [0.5, 0.6) is 0 Å². The van der Waals surface area contributed by atoms with Crippen molar-refractivity contribution in [2.75, 3.05) is 21.3 Å². The molecule has 0 amide bonds. The Morgan fingerprint density at radius 2 is 1.21 bits per heavy atom. The van der Waals surface area contributed by atoms with Gasteiger partial charge in [0.25, 0.3) is 0 Å². The van der Waals surface area contributed by atoms with Gasteiger partial charge in [-0.15, -0.1) is 0 Å². The first-order chi connectivity index (χ1) is 11.5. The number of hydrogen-bond acceptors (Lipinski definition) is 3. The minimum Gasteiger partial charge on any atom is -0.373 e. The number of rotatable bonds is 7. The van der Waals surface area contributed by atoms with Crippen LogP contribution in [-0.4, -0.2) is 38.9 Å². The first kappa shape index (κ1) is 18.8. The van der Waals surface area contributed by atoms with Crippen LogP contribution >= 0.6 is 0 Å². The van der Waals surface area contributed by atoms with Crippen molar-refractivity contribution in [3.05, 3.63) is 66.2 Å². The third-order valence-corrected chi connectivity index (χ3v) is 8.69. The van der Waals surface area contributed by atoms with Gasteiger partial charge in [-0.25, -0.2) is 0 Å². The summed E-state index contributed by atoms with van der Waals surface area (Å²) in [5.74, 6) is 0. The molecule has 0 aliphatic carbocycles. The maximum Gasteiger partial charge on any atom is 0.536 e. The molecule has 0 fully saturated rings. The van der Waals surface area contributed by atoms with Crippen molar-refractivity contribution in [2.24, 2.45) is 0 Å². The van der Waals surface area contributed by atoms with E-state index in [0.717, 1.165) is 21.9 Å². The normalized spacial score (nSPS) is 11.8. The Kier molecular flexibility index (Phi) is 6.31. The van der Waals surface area contributed by atoms with E-state index in [2.05, 4.69) is 43.9 Å². The quantitative estimate of drug-likeness (QED) is 0.712. The van der Waals surface area contributed by atoms with Crippen LogP contribution < -0.4 is 10.4 Å². The summed E-state index contributed by atoms with van der Waals surface area (Å²) < 4.78 is 16.6. The maximum atomic E-state index is 5.52. The van der Waals surface area contributed by atoms with Gasteiger partial charge < -0.3 is 13.3 Å². The van der Waals surface area contributed by atoms with Crippen molar-refractivity contribution in [3.63, 3.8) is 0 Å². The highest BCUT2D eigenvalue weighted by molar-refractivity contribution is 6.75. The van der Waals surface area contributed by atoms with Gasteiger partial charge in [0.2, 0.25) is 0 Å². The van der Waals surface area contributed by atoms with Gasteiger partial charge in [-0.2, -0.15) is 0 Å². The van der Waals surface area contributed by atoms with Gasteiger partial charge in [-0.3, -0.25) is 0 Å². The predicted octanol–water partition coefficient (Wildman–Crippen LogP) is 2.53. The van der Waals surface area contributed by atoms with E-state index in [1.54, 1.807) is 21.3 Å². The van der Waals surface area contributed by atoms with Crippen LogP contribution in [0.25, 0.3) is 5.57 Å². The van der Waals surface area contributed by atoms with Gasteiger partial charge in [-0.05, 0) is 16.7 Å². The molecule has 0 unspecified atom stereocenters. The van der Waals surface area contributed by atoms with Crippen molar-refractivity contribution in [1.29, 1.82) is 0 Å². The fourth-order valence-corrected chi connectivity index (χ4v) is 5.46. The lowest BCUT2D eigenvalue weighted by atomic mass is 10.00. The van der Waals surface area contributed by atoms with E-state index in [-0.39, 0.29) is 0 Å². The second-order valence-corrected chi connectivity index (χ2v) is 11.9. The SMILES string of the molecule is C=C(c1ccc([SiH](C)C)cc1)c1ccc([Si](OC)(OC)OC)cc1. The van der Waals surface area contributed by atoms with Crippen LogP contribution in [0.2, 0.25) is 13.1 Å². The third-order valence-electron chi connectivity index (χ3n) is 4.32. The number of hydrogen-bond donors (Lipinski definition) is 0.